The summed E-state index contributed by atoms with van der Waals surface area (Å²) in [5.41, 5.74) is 0.559. The summed E-state index contributed by atoms with van der Waals surface area (Å²) in [6, 6.07) is 5.85. The average Bonchev–Trinajstić information content (AvgIpc) is 2.62. The van der Waals surface area contributed by atoms with Gasteiger partial charge in [-0.15, -0.1) is 0 Å². The molecule has 1 N–H and O–H groups in total. The zero-order valence-electron chi connectivity index (χ0n) is 10.2. The van der Waals surface area contributed by atoms with Gasteiger partial charge in [-0.2, -0.15) is 0 Å². The standard InChI is InChI=1S/C13H10FNO3S2/c14-9-3-1-2-8(6-9)7-10-12(18)15(13(19)20-10)5-4-11(16)17/h1-3,6-7H,4-5H2,(H,16,17). The summed E-state index contributed by atoms with van der Waals surface area (Å²) in [5.74, 6) is -1.72. The molecule has 0 unspecified atom stereocenters. The third kappa shape index (κ3) is 3.43. The van der Waals surface area contributed by atoms with Crippen LogP contribution in [0.1, 0.15) is 12.0 Å². The minimum atomic E-state index is -0.992. The van der Waals surface area contributed by atoms with Crippen LogP contribution >= 0.6 is 24.0 Å². The number of nitrogens with zero attached hydrogens (tertiary/aromatic N) is 1. The molecule has 7 heteroatoms. The second-order valence-electron chi connectivity index (χ2n) is 4.03. The van der Waals surface area contributed by atoms with Crippen LogP contribution in [0.2, 0.25) is 0 Å². The van der Waals surface area contributed by atoms with Crippen LogP contribution < -0.4 is 0 Å². The summed E-state index contributed by atoms with van der Waals surface area (Å²) in [6.07, 6.45) is 1.38. The number of hydrogen-bond donors (Lipinski definition) is 1. The van der Waals surface area contributed by atoms with Crippen LogP contribution in [0.3, 0.4) is 0 Å². The SMILES string of the molecule is O=C(O)CCN1C(=O)C(=Cc2cccc(F)c2)SC1=S. The quantitative estimate of drug-likeness (QED) is 0.684. The van der Waals surface area contributed by atoms with E-state index in [4.69, 9.17) is 17.3 Å². The lowest BCUT2D eigenvalue weighted by molar-refractivity contribution is -0.137. The van der Waals surface area contributed by atoms with Crippen molar-refractivity contribution in [3.8, 4) is 0 Å². The number of carboxylic acid groups (broad SMARTS) is 1. The molecule has 104 valence electrons. The van der Waals surface area contributed by atoms with Crippen LogP contribution in [0, 0.1) is 5.82 Å². The highest BCUT2D eigenvalue weighted by atomic mass is 32.2. The smallest absolute Gasteiger partial charge is 0.305 e. The van der Waals surface area contributed by atoms with E-state index >= 15 is 0 Å². The highest BCUT2D eigenvalue weighted by molar-refractivity contribution is 8.26. The maximum atomic E-state index is 13.1. The van der Waals surface area contributed by atoms with Gasteiger partial charge in [0.25, 0.3) is 5.91 Å². The first kappa shape index (κ1) is 14.7. The molecule has 20 heavy (non-hydrogen) atoms. The van der Waals surface area contributed by atoms with Crippen molar-refractivity contribution in [3.05, 3.63) is 40.6 Å². The van der Waals surface area contributed by atoms with Crippen LogP contribution in [0.4, 0.5) is 4.39 Å². The van der Waals surface area contributed by atoms with Crippen molar-refractivity contribution in [2.24, 2.45) is 0 Å². The second kappa shape index (κ2) is 6.15. The second-order valence-corrected chi connectivity index (χ2v) is 5.71. The van der Waals surface area contributed by atoms with E-state index in [0.717, 1.165) is 11.8 Å². The monoisotopic (exact) mass is 311 g/mol. The molecule has 4 nitrogen and oxygen atoms in total. The van der Waals surface area contributed by atoms with E-state index in [-0.39, 0.29) is 24.7 Å². The molecule has 1 fully saturated rings. The minimum absolute atomic E-state index is 0.0422. The lowest BCUT2D eigenvalue weighted by atomic mass is 10.2. The molecule has 0 aromatic heterocycles. The molecule has 0 radical (unpaired) electrons. The lowest BCUT2D eigenvalue weighted by Gasteiger charge is -2.12. The third-order valence-corrected chi connectivity index (χ3v) is 3.95. The predicted molar refractivity (Wildman–Crippen MR) is 78.5 cm³/mol. The number of halogens is 1. The van der Waals surface area contributed by atoms with E-state index in [1.54, 1.807) is 18.2 Å². The lowest BCUT2D eigenvalue weighted by Crippen LogP contribution is -2.30. The fourth-order valence-corrected chi connectivity index (χ4v) is 2.96. The Morgan fingerprint density at radius 3 is 2.90 bits per heavy atom. The van der Waals surface area contributed by atoms with Gasteiger partial charge in [0.05, 0.1) is 11.3 Å². The Labute approximate surface area is 124 Å². The van der Waals surface area contributed by atoms with Crippen molar-refractivity contribution in [2.75, 3.05) is 6.54 Å². The van der Waals surface area contributed by atoms with Gasteiger partial charge in [0.1, 0.15) is 10.1 Å². The zero-order chi connectivity index (χ0) is 14.7. The normalized spacial score (nSPS) is 17.1. The molecule has 0 bridgehead atoms. The zero-order valence-corrected chi connectivity index (χ0v) is 11.8. The first-order valence-electron chi connectivity index (χ1n) is 5.70. The van der Waals surface area contributed by atoms with Gasteiger partial charge in [0, 0.05) is 6.54 Å². The predicted octanol–water partition coefficient (Wildman–Crippen LogP) is 2.50. The van der Waals surface area contributed by atoms with E-state index in [1.165, 1.54) is 17.0 Å². The number of carboxylic acids is 1. The van der Waals surface area contributed by atoms with Gasteiger partial charge in [0.2, 0.25) is 0 Å². The average molecular weight is 311 g/mol. The van der Waals surface area contributed by atoms with Crippen LogP contribution in [0.25, 0.3) is 6.08 Å². The van der Waals surface area contributed by atoms with Crippen molar-refractivity contribution in [1.29, 1.82) is 0 Å². The molecule has 0 atom stereocenters. The first-order chi connectivity index (χ1) is 9.47. The molecule has 1 heterocycles. The van der Waals surface area contributed by atoms with Gasteiger partial charge in [-0.3, -0.25) is 14.5 Å². The number of aliphatic carboxylic acids is 1. The van der Waals surface area contributed by atoms with Gasteiger partial charge in [0.15, 0.2) is 0 Å². The number of carbonyl (C=O) groups is 2. The van der Waals surface area contributed by atoms with Gasteiger partial charge < -0.3 is 5.11 Å². The maximum Gasteiger partial charge on any atom is 0.305 e. The van der Waals surface area contributed by atoms with Crippen molar-refractivity contribution in [3.63, 3.8) is 0 Å². The number of hydrogen-bond acceptors (Lipinski definition) is 4. The van der Waals surface area contributed by atoms with Crippen LogP contribution in [-0.4, -0.2) is 32.7 Å². The van der Waals surface area contributed by atoms with Crippen LogP contribution in [-0.2, 0) is 9.59 Å². The van der Waals surface area contributed by atoms with Gasteiger partial charge in [-0.25, -0.2) is 4.39 Å². The maximum absolute atomic E-state index is 13.1. The molecule has 1 amide bonds. The van der Waals surface area contributed by atoms with Crippen molar-refractivity contribution >= 4 is 46.3 Å². The molecular weight excluding hydrogens is 301 g/mol. The summed E-state index contributed by atoms with van der Waals surface area (Å²) >= 11 is 6.14. The van der Waals surface area contributed by atoms with Crippen LogP contribution in [0.15, 0.2) is 29.2 Å². The molecule has 1 aromatic carbocycles. The Balaban J connectivity index is 2.17. The summed E-state index contributed by atoms with van der Waals surface area (Å²) in [7, 11) is 0. The highest BCUT2D eigenvalue weighted by Gasteiger charge is 2.31. The number of amides is 1. The third-order valence-electron chi connectivity index (χ3n) is 2.57. The fraction of sp³-hybridized carbons (Fsp3) is 0.154. The molecule has 0 saturated carbocycles. The molecule has 1 aliphatic heterocycles. The Kier molecular flexibility index (Phi) is 4.51. The van der Waals surface area contributed by atoms with Crippen LogP contribution in [0.5, 0.6) is 0 Å². The Bertz CT molecular complexity index is 615. The summed E-state index contributed by atoms with van der Waals surface area (Å²) in [6.45, 7) is 0.0422. The number of carbonyl (C=O) groups excluding carboxylic acids is 1. The van der Waals surface area contributed by atoms with Crippen molar-refractivity contribution in [2.45, 2.75) is 6.42 Å². The van der Waals surface area contributed by atoms with E-state index in [9.17, 15) is 14.0 Å². The van der Waals surface area contributed by atoms with Crippen molar-refractivity contribution < 1.29 is 19.1 Å². The number of benzene rings is 1. The van der Waals surface area contributed by atoms with E-state index < -0.39 is 5.97 Å². The Hall–Kier alpha value is -1.73. The number of thioether (sulfide) groups is 1. The minimum Gasteiger partial charge on any atom is -0.481 e. The largest absolute Gasteiger partial charge is 0.481 e. The summed E-state index contributed by atoms with van der Waals surface area (Å²) in [4.78, 5) is 24.2. The van der Waals surface area contributed by atoms with Gasteiger partial charge in [-0.05, 0) is 23.8 Å². The topological polar surface area (TPSA) is 57.6 Å². The van der Waals surface area contributed by atoms with E-state index in [0.29, 0.717) is 14.8 Å². The summed E-state index contributed by atoms with van der Waals surface area (Å²) in [5, 5.41) is 8.63. The molecule has 2 rings (SSSR count). The van der Waals surface area contributed by atoms with E-state index in [2.05, 4.69) is 0 Å². The summed E-state index contributed by atoms with van der Waals surface area (Å²) < 4.78 is 13.4. The molecular formula is C13H10FNO3S2. The number of thiocarbonyl (C=S) groups is 1. The molecule has 1 saturated heterocycles. The Morgan fingerprint density at radius 1 is 1.50 bits per heavy atom. The molecule has 1 aromatic rings. The first-order valence-corrected chi connectivity index (χ1v) is 6.92. The van der Waals surface area contributed by atoms with Gasteiger partial charge >= 0.3 is 5.97 Å². The molecule has 1 aliphatic rings. The molecule has 0 aliphatic carbocycles. The van der Waals surface area contributed by atoms with Gasteiger partial charge in [-0.1, -0.05) is 36.1 Å². The Morgan fingerprint density at radius 2 is 2.25 bits per heavy atom. The highest BCUT2D eigenvalue weighted by Crippen LogP contribution is 2.32. The molecule has 0 spiro atoms. The van der Waals surface area contributed by atoms with E-state index in [1.807, 2.05) is 0 Å². The van der Waals surface area contributed by atoms with Crippen molar-refractivity contribution in [1.82, 2.24) is 4.90 Å². The fourth-order valence-electron chi connectivity index (χ4n) is 1.65. The number of rotatable bonds is 4.